The molecule has 1 aromatic heterocycles. The number of aryl methyl sites for hydroxylation is 1. The van der Waals surface area contributed by atoms with E-state index >= 15 is 0 Å². The predicted octanol–water partition coefficient (Wildman–Crippen LogP) is 4.71. The number of pyridine rings is 1. The molecule has 0 N–H and O–H groups in total. The molecule has 1 heterocycles. The fourth-order valence-corrected chi connectivity index (χ4v) is 2.85. The molecule has 0 fully saturated rings. The van der Waals surface area contributed by atoms with Gasteiger partial charge in [0.2, 0.25) is 5.78 Å². The minimum absolute atomic E-state index is 0.224. The van der Waals surface area contributed by atoms with Gasteiger partial charge >= 0.3 is 5.97 Å². The van der Waals surface area contributed by atoms with Crippen LogP contribution in [0.25, 0.3) is 10.9 Å². The first-order chi connectivity index (χ1) is 12.0. The number of carbonyl (C=O) groups is 2. The summed E-state index contributed by atoms with van der Waals surface area (Å²) in [5.74, 6) is -0.689. The number of hydrogen-bond donors (Lipinski definition) is 0. The van der Waals surface area contributed by atoms with Crippen molar-refractivity contribution in [3.8, 4) is 0 Å². The van der Waals surface area contributed by atoms with E-state index in [4.69, 9.17) is 4.74 Å². The van der Waals surface area contributed by atoms with E-state index < -0.39 is 5.97 Å². The maximum Gasteiger partial charge on any atom is 0.338 e. The smallest absolute Gasteiger partial charge is 0.338 e. The van der Waals surface area contributed by atoms with Gasteiger partial charge in [0.05, 0.1) is 17.7 Å². The van der Waals surface area contributed by atoms with E-state index in [0.717, 1.165) is 10.0 Å². The number of carbonyl (C=O) groups excluding carboxylic acids is 2. The van der Waals surface area contributed by atoms with E-state index in [0.29, 0.717) is 22.0 Å². The Morgan fingerprint density at radius 1 is 1.08 bits per heavy atom. The molecule has 3 rings (SSSR count). The summed E-state index contributed by atoms with van der Waals surface area (Å²) in [5, 5.41) is 0.686. The second-order valence-electron chi connectivity index (χ2n) is 5.63. The second kappa shape index (κ2) is 7.15. The Morgan fingerprint density at radius 2 is 1.80 bits per heavy atom. The zero-order chi connectivity index (χ0) is 18.0. The lowest BCUT2D eigenvalue weighted by Gasteiger charge is -2.09. The molecular weight excluding hydrogens is 382 g/mol. The van der Waals surface area contributed by atoms with Crippen LogP contribution >= 0.6 is 15.9 Å². The number of ether oxygens (including phenoxy) is 1. The molecule has 0 radical (unpaired) electrons. The molecule has 0 bridgehead atoms. The number of aromatic nitrogens is 1. The van der Waals surface area contributed by atoms with Crippen LogP contribution in [0.2, 0.25) is 0 Å². The molecule has 0 amide bonds. The maximum atomic E-state index is 12.8. The molecule has 0 spiro atoms. The fraction of sp³-hybridized carbons (Fsp3) is 0.150. The van der Waals surface area contributed by atoms with E-state index in [1.807, 2.05) is 25.1 Å². The topological polar surface area (TPSA) is 56.3 Å². The molecule has 0 aliphatic heterocycles. The number of esters is 1. The van der Waals surface area contributed by atoms with Gasteiger partial charge in [-0.1, -0.05) is 27.6 Å². The fourth-order valence-electron chi connectivity index (χ4n) is 2.58. The lowest BCUT2D eigenvalue weighted by Crippen LogP contribution is -2.10. The maximum absolute atomic E-state index is 12.8. The highest BCUT2D eigenvalue weighted by Gasteiger charge is 2.18. The van der Waals surface area contributed by atoms with E-state index in [9.17, 15) is 9.59 Å². The molecule has 0 unspecified atom stereocenters. The molecule has 0 saturated heterocycles. The third-order valence-electron chi connectivity index (χ3n) is 3.80. The van der Waals surface area contributed by atoms with Crippen molar-refractivity contribution in [1.82, 2.24) is 4.98 Å². The molecule has 0 aliphatic carbocycles. The summed E-state index contributed by atoms with van der Waals surface area (Å²) in [6, 6.07) is 14.1. The van der Waals surface area contributed by atoms with Crippen LogP contribution < -0.4 is 0 Å². The molecule has 5 heteroatoms. The Labute approximate surface area is 154 Å². The second-order valence-corrected chi connectivity index (χ2v) is 6.55. The SMILES string of the molecule is CCOC(=O)c1cc(C(=O)c2ccc(Br)cc2)nc2ccc(C)cc12. The normalized spacial score (nSPS) is 10.7. The molecule has 0 saturated carbocycles. The van der Waals surface area contributed by atoms with Crippen LogP contribution in [0.4, 0.5) is 0 Å². The molecule has 2 aromatic carbocycles. The lowest BCUT2D eigenvalue weighted by atomic mass is 10.0. The van der Waals surface area contributed by atoms with E-state index in [2.05, 4.69) is 20.9 Å². The number of rotatable bonds is 4. The molecule has 126 valence electrons. The number of halogens is 1. The Bertz CT molecular complexity index is 965. The molecular formula is C20H16BrNO3. The van der Waals surface area contributed by atoms with Crippen molar-refractivity contribution in [2.45, 2.75) is 13.8 Å². The quantitative estimate of drug-likeness (QED) is 0.472. The van der Waals surface area contributed by atoms with Gasteiger partial charge in [0.15, 0.2) is 0 Å². The zero-order valence-electron chi connectivity index (χ0n) is 13.9. The standard InChI is InChI=1S/C20H16BrNO3/c1-3-25-20(24)16-11-18(19(23)13-5-7-14(21)8-6-13)22-17-9-4-12(2)10-15(16)17/h4-11H,3H2,1-2H3. The highest BCUT2D eigenvalue weighted by molar-refractivity contribution is 9.10. The van der Waals surface area contributed by atoms with E-state index in [-0.39, 0.29) is 18.1 Å². The lowest BCUT2D eigenvalue weighted by molar-refractivity contribution is 0.0528. The summed E-state index contributed by atoms with van der Waals surface area (Å²) in [4.78, 5) is 29.6. The van der Waals surface area contributed by atoms with Crippen molar-refractivity contribution in [2.24, 2.45) is 0 Å². The summed E-state index contributed by atoms with van der Waals surface area (Å²) in [7, 11) is 0. The Hall–Kier alpha value is -2.53. The minimum Gasteiger partial charge on any atom is -0.462 e. The highest BCUT2D eigenvalue weighted by Crippen LogP contribution is 2.23. The van der Waals surface area contributed by atoms with Gasteiger partial charge in [-0.05, 0) is 56.3 Å². The molecule has 3 aromatic rings. The van der Waals surface area contributed by atoms with Gasteiger partial charge in [0, 0.05) is 15.4 Å². The van der Waals surface area contributed by atoms with Crippen LogP contribution in [0.3, 0.4) is 0 Å². The number of hydrogen-bond acceptors (Lipinski definition) is 4. The van der Waals surface area contributed by atoms with Crippen molar-refractivity contribution in [2.75, 3.05) is 6.61 Å². The van der Waals surface area contributed by atoms with Crippen molar-refractivity contribution in [1.29, 1.82) is 0 Å². The van der Waals surface area contributed by atoms with Crippen molar-refractivity contribution >= 4 is 38.6 Å². The predicted molar refractivity (Wildman–Crippen MR) is 100 cm³/mol. The first-order valence-corrected chi connectivity index (χ1v) is 8.67. The summed E-state index contributed by atoms with van der Waals surface area (Å²) in [6.45, 7) is 3.96. The number of benzene rings is 2. The van der Waals surface area contributed by atoms with Gasteiger partial charge in [0.25, 0.3) is 0 Å². The van der Waals surface area contributed by atoms with E-state index in [1.54, 1.807) is 31.2 Å². The average molecular weight is 398 g/mol. The Balaban J connectivity index is 2.16. The van der Waals surface area contributed by atoms with Crippen LogP contribution in [-0.4, -0.2) is 23.3 Å². The van der Waals surface area contributed by atoms with Crippen LogP contribution in [-0.2, 0) is 4.74 Å². The van der Waals surface area contributed by atoms with E-state index in [1.165, 1.54) is 6.07 Å². The number of nitrogens with zero attached hydrogens (tertiary/aromatic N) is 1. The molecule has 4 nitrogen and oxygen atoms in total. The number of fused-ring (bicyclic) bond motifs is 1. The largest absolute Gasteiger partial charge is 0.462 e. The van der Waals surface area contributed by atoms with Gasteiger partial charge in [-0.3, -0.25) is 4.79 Å². The number of ketones is 1. The van der Waals surface area contributed by atoms with Crippen LogP contribution in [0, 0.1) is 6.92 Å². The van der Waals surface area contributed by atoms with Gasteiger partial charge < -0.3 is 4.74 Å². The third kappa shape index (κ3) is 3.61. The summed E-state index contributed by atoms with van der Waals surface area (Å²) in [6.07, 6.45) is 0. The average Bonchev–Trinajstić information content (AvgIpc) is 2.61. The highest BCUT2D eigenvalue weighted by atomic mass is 79.9. The monoisotopic (exact) mass is 397 g/mol. The van der Waals surface area contributed by atoms with Gasteiger partial charge in [-0.2, -0.15) is 0 Å². The van der Waals surface area contributed by atoms with Gasteiger partial charge in [-0.25, -0.2) is 9.78 Å². The summed E-state index contributed by atoms with van der Waals surface area (Å²) >= 11 is 3.35. The van der Waals surface area contributed by atoms with Crippen LogP contribution in [0.15, 0.2) is 53.0 Å². The Morgan fingerprint density at radius 3 is 2.48 bits per heavy atom. The van der Waals surface area contributed by atoms with Gasteiger partial charge in [-0.15, -0.1) is 0 Å². The summed E-state index contributed by atoms with van der Waals surface area (Å²) in [5.41, 5.74) is 2.69. The van der Waals surface area contributed by atoms with Crippen LogP contribution in [0.5, 0.6) is 0 Å². The van der Waals surface area contributed by atoms with Crippen LogP contribution in [0.1, 0.15) is 38.9 Å². The first-order valence-electron chi connectivity index (χ1n) is 7.88. The molecule has 0 atom stereocenters. The van der Waals surface area contributed by atoms with Gasteiger partial charge in [0.1, 0.15) is 5.69 Å². The zero-order valence-corrected chi connectivity index (χ0v) is 15.5. The molecule has 0 aliphatic rings. The Kier molecular flexibility index (Phi) is 4.95. The minimum atomic E-state index is -0.453. The first kappa shape index (κ1) is 17.3. The van der Waals surface area contributed by atoms with Crippen molar-refractivity contribution in [3.63, 3.8) is 0 Å². The third-order valence-corrected chi connectivity index (χ3v) is 4.33. The molecule has 25 heavy (non-hydrogen) atoms. The van der Waals surface area contributed by atoms with Crippen molar-refractivity contribution in [3.05, 3.63) is 75.4 Å². The summed E-state index contributed by atoms with van der Waals surface area (Å²) < 4.78 is 6.04. The van der Waals surface area contributed by atoms with Crippen molar-refractivity contribution < 1.29 is 14.3 Å².